The molecular weight excluding hydrogens is 929 g/mol. The van der Waals surface area contributed by atoms with Gasteiger partial charge in [0.1, 0.15) is 11.5 Å². The Balaban J connectivity index is 1.74. The molecular formula is C21H12I5N3. The zero-order valence-electron chi connectivity index (χ0n) is 14.7. The van der Waals surface area contributed by atoms with Crippen molar-refractivity contribution in [3.05, 3.63) is 77.8 Å². The fourth-order valence-electron chi connectivity index (χ4n) is 3.09. The van der Waals surface area contributed by atoms with Crippen molar-refractivity contribution in [2.75, 3.05) is 5.73 Å². The highest BCUT2D eigenvalue weighted by Crippen LogP contribution is 2.37. The van der Waals surface area contributed by atoms with Crippen molar-refractivity contribution in [2.45, 2.75) is 6.42 Å². The molecule has 4 rings (SSSR count). The summed E-state index contributed by atoms with van der Waals surface area (Å²) in [6.07, 6.45) is 7.01. The molecule has 0 fully saturated rings. The lowest BCUT2D eigenvalue weighted by Crippen LogP contribution is -2.02. The summed E-state index contributed by atoms with van der Waals surface area (Å²) in [5.41, 5.74) is 12.5. The van der Waals surface area contributed by atoms with Crippen LogP contribution in [-0.2, 0) is 0 Å². The molecule has 1 aliphatic carbocycles. The van der Waals surface area contributed by atoms with Gasteiger partial charge in [-0.2, -0.15) is 0 Å². The number of benzene rings is 2. The van der Waals surface area contributed by atoms with E-state index in [1.807, 2.05) is 0 Å². The largest absolute Gasteiger partial charge is 0.382 e. The summed E-state index contributed by atoms with van der Waals surface area (Å²) in [6, 6.07) is 10.7. The van der Waals surface area contributed by atoms with Gasteiger partial charge in [-0.15, -0.1) is 0 Å². The van der Waals surface area contributed by atoms with E-state index >= 15 is 0 Å². The van der Waals surface area contributed by atoms with E-state index in [1.54, 1.807) is 6.20 Å². The molecule has 0 radical (unpaired) electrons. The highest BCUT2D eigenvalue weighted by atomic mass is 127. The zero-order valence-corrected chi connectivity index (χ0v) is 25.5. The van der Waals surface area contributed by atoms with Gasteiger partial charge in [-0.1, -0.05) is 18.2 Å². The lowest BCUT2D eigenvalue weighted by molar-refractivity contribution is 1.16. The monoisotopic (exact) mass is 941 g/mol. The van der Waals surface area contributed by atoms with Crippen LogP contribution in [0.25, 0.3) is 22.4 Å². The smallest absolute Gasteiger partial charge is 0.149 e. The number of anilines is 1. The van der Waals surface area contributed by atoms with E-state index in [1.165, 1.54) is 29.0 Å². The molecule has 0 amide bonds. The SMILES string of the molecule is Nc1ncc(-c2ccc(I)c(I)c2I)nc1C1=CC(c2ccc(I)cc2I)=CC1. The molecule has 1 aromatic heterocycles. The van der Waals surface area contributed by atoms with Crippen LogP contribution < -0.4 is 5.73 Å². The lowest BCUT2D eigenvalue weighted by Gasteiger charge is -2.11. The van der Waals surface area contributed by atoms with Gasteiger partial charge in [0, 0.05) is 23.4 Å². The van der Waals surface area contributed by atoms with Crippen LogP contribution >= 0.6 is 113 Å². The van der Waals surface area contributed by atoms with E-state index in [9.17, 15) is 0 Å². The van der Waals surface area contributed by atoms with Crippen molar-refractivity contribution in [1.29, 1.82) is 0 Å². The minimum atomic E-state index is 0.474. The molecule has 0 bridgehead atoms. The van der Waals surface area contributed by atoms with Crippen LogP contribution in [0.3, 0.4) is 0 Å². The number of allylic oxidation sites excluding steroid dienone is 4. The predicted molar refractivity (Wildman–Crippen MR) is 162 cm³/mol. The predicted octanol–water partition coefficient (Wildman–Crippen LogP) is 7.62. The number of hydrogen-bond acceptors (Lipinski definition) is 3. The third kappa shape index (κ3) is 4.79. The summed E-state index contributed by atoms with van der Waals surface area (Å²) in [4.78, 5) is 9.38. The quantitative estimate of drug-likeness (QED) is 0.218. The fraction of sp³-hybridized carbons (Fsp3) is 0.0476. The normalized spacial score (nSPS) is 13.4. The summed E-state index contributed by atoms with van der Waals surface area (Å²) < 4.78 is 6.14. The van der Waals surface area contributed by atoms with Crippen LogP contribution in [0.5, 0.6) is 0 Å². The Kier molecular flexibility index (Phi) is 7.43. The molecule has 0 atom stereocenters. The third-order valence-electron chi connectivity index (χ3n) is 4.53. The number of hydrogen-bond donors (Lipinski definition) is 1. The van der Waals surface area contributed by atoms with Crippen molar-refractivity contribution in [2.24, 2.45) is 0 Å². The first kappa shape index (κ1) is 22.6. The first-order valence-electron chi connectivity index (χ1n) is 8.48. The van der Waals surface area contributed by atoms with Crippen LogP contribution in [-0.4, -0.2) is 9.97 Å². The Bertz CT molecular complexity index is 1200. The summed E-state index contributed by atoms with van der Waals surface area (Å²) in [6.45, 7) is 0. The van der Waals surface area contributed by atoms with Gasteiger partial charge in [-0.3, -0.25) is 0 Å². The molecule has 8 heteroatoms. The van der Waals surface area contributed by atoms with E-state index in [0.29, 0.717) is 5.82 Å². The molecule has 0 spiro atoms. The fourth-order valence-corrected chi connectivity index (χ4v) is 7.19. The Morgan fingerprint density at radius 2 is 1.62 bits per heavy atom. The molecule has 1 aliphatic rings. The van der Waals surface area contributed by atoms with Crippen molar-refractivity contribution in [3.8, 4) is 11.3 Å². The maximum atomic E-state index is 6.23. The van der Waals surface area contributed by atoms with Gasteiger partial charge in [-0.05, 0) is 160 Å². The van der Waals surface area contributed by atoms with Crippen LogP contribution in [0.4, 0.5) is 5.82 Å². The number of rotatable bonds is 3. The van der Waals surface area contributed by atoms with Gasteiger partial charge in [-0.25, -0.2) is 9.97 Å². The Morgan fingerprint density at radius 3 is 2.38 bits per heavy atom. The lowest BCUT2D eigenvalue weighted by atomic mass is 10.1. The first-order chi connectivity index (χ1) is 13.8. The van der Waals surface area contributed by atoms with Crippen LogP contribution in [0.2, 0.25) is 0 Å². The van der Waals surface area contributed by atoms with E-state index < -0.39 is 0 Å². The zero-order chi connectivity index (χ0) is 20.7. The Labute approximate surface area is 237 Å². The van der Waals surface area contributed by atoms with E-state index in [2.05, 4.69) is 160 Å². The molecule has 2 aromatic carbocycles. The molecule has 3 nitrogen and oxygen atoms in total. The third-order valence-corrected chi connectivity index (χ3v) is 11.3. The first-order valence-corrected chi connectivity index (χ1v) is 13.9. The second-order valence-corrected chi connectivity index (χ2v) is 12.1. The van der Waals surface area contributed by atoms with E-state index in [4.69, 9.17) is 10.7 Å². The molecule has 0 unspecified atom stereocenters. The van der Waals surface area contributed by atoms with Gasteiger partial charge in [0.25, 0.3) is 0 Å². The average Bonchev–Trinajstić information content (AvgIpc) is 3.16. The number of nitrogens with two attached hydrogens (primary N) is 1. The van der Waals surface area contributed by atoms with Gasteiger partial charge in [0.15, 0.2) is 0 Å². The summed E-state index contributed by atoms with van der Waals surface area (Å²) in [7, 11) is 0. The highest BCUT2D eigenvalue weighted by Gasteiger charge is 2.18. The van der Waals surface area contributed by atoms with Crippen molar-refractivity contribution >= 4 is 130 Å². The number of halogens is 5. The topological polar surface area (TPSA) is 51.8 Å². The molecule has 2 N–H and O–H groups in total. The van der Waals surface area contributed by atoms with Crippen molar-refractivity contribution in [3.63, 3.8) is 0 Å². The van der Waals surface area contributed by atoms with E-state index in [0.717, 1.165) is 28.9 Å². The van der Waals surface area contributed by atoms with Gasteiger partial charge in [0.05, 0.1) is 11.9 Å². The number of nitrogens with zero attached hydrogens (tertiary/aromatic N) is 2. The molecule has 146 valence electrons. The molecule has 29 heavy (non-hydrogen) atoms. The number of nitrogen functional groups attached to an aromatic ring is 1. The molecule has 1 heterocycles. The molecule has 0 saturated carbocycles. The van der Waals surface area contributed by atoms with E-state index in [-0.39, 0.29) is 0 Å². The maximum absolute atomic E-state index is 6.23. The van der Waals surface area contributed by atoms with Gasteiger partial charge >= 0.3 is 0 Å². The van der Waals surface area contributed by atoms with Gasteiger partial charge in [0.2, 0.25) is 0 Å². The minimum Gasteiger partial charge on any atom is -0.382 e. The van der Waals surface area contributed by atoms with Gasteiger partial charge < -0.3 is 5.73 Å². The van der Waals surface area contributed by atoms with Crippen LogP contribution in [0, 0.1) is 17.9 Å². The summed E-state index contributed by atoms with van der Waals surface area (Å²) in [5, 5.41) is 0. The Hall–Kier alpha value is 0.450. The van der Waals surface area contributed by atoms with Crippen molar-refractivity contribution in [1.82, 2.24) is 9.97 Å². The number of aromatic nitrogens is 2. The highest BCUT2D eigenvalue weighted by molar-refractivity contribution is 14.1. The molecule has 0 saturated heterocycles. The summed E-state index contributed by atoms with van der Waals surface area (Å²) >= 11 is 11.9. The second kappa shape index (κ2) is 9.52. The minimum absolute atomic E-state index is 0.474. The summed E-state index contributed by atoms with van der Waals surface area (Å²) in [5.74, 6) is 0.474. The van der Waals surface area contributed by atoms with Crippen LogP contribution in [0.15, 0.2) is 48.7 Å². The Morgan fingerprint density at radius 1 is 0.862 bits per heavy atom. The van der Waals surface area contributed by atoms with Crippen LogP contribution in [0.1, 0.15) is 17.7 Å². The van der Waals surface area contributed by atoms with Crippen molar-refractivity contribution < 1.29 is 0 Å². The molecule has 3 aromatic rings. The molecule has 0 aliphatic heterocycles. The standard InChI is InChI=1S/C21H12I5N3/c22-12-3-4-13(16(24)8-12)10-1-2-11(7-10)20-21(27)28-9-17(29-20)14-5-6-15(23)19(26)18(14)25/h1,3-9H,2H2,(H2,27,28). The maximum Gasteiger partial charge on any atom is 0.149 e. The second-order valence-electron chi connectivity index (χ2n) is 6.37. The average molecular weight is 941 g/mol.